The average molecular weight is 368 g/mol. The smallest absolute Gasteiger partial charge is 0.231 e. The molecule has 1 fully saturated rings. The second-order valence-corrected chi connectivity index (χ2v) is 7.11. The van der Waals surface area contributed by atoms with Crippen molar-refractivity contribution in [3.63, 3.8) is 0 Å². The lowest BCUT2D eigenvalue weighted by atomic mass is 9.97. The monoisotopic (exact) mass is 367 g/mol. The number of benzene rings is 1. The molecule has 0 aromatic heterocycles. The Morgan fingerprint density at radius 3 is 2.88 bits per heavy atom. The molecule has 1 aliphatic rings. The number of hydrogen-bond donors (Lipinski definition) is 2. The maximum atomic E-state index is 12.5. The molecule has 0 saturated carbocycles. The van der Waals surface area contributed by atoms with Crippen LogP contribution in [0.15, 0.2) is 18.2 Å². The Labute approximate surface area is 153 Å². The van der Waals surface area contributed by atoms with Crippen molar-refractivity contribution in [1.82, 2.24) is 10.2 Å². The molecule has 25 heavy (non-hydrogen) atoms. The van der Waals surface area contributed by atoms with Crippen LogP contribution >= 0.6 is 11.6 Å². The minimum Gasteiger partial charge on any atom is -0.491 e. The van der Waals surface area contributed by atoms with Crippen molar-refractivity contribution in [2.45, 2.75) is 39.3 Å². The number of halogens is 1. The lowest BCUT2D eigenvalue weighted by Gasteiger charge is -2.31. The van der Waals surface area contributed by atoms with E-state index in [9.17, 15) is 9.59 Å². The highest BCUT2D eigenvalue weighted by Crippen LogP contribution is 2.24. The maximum Gasteiger partial charge on any atom is 0.231 e. The zero-order chi connectivity index (χ0) is 18.4. The third-order valence-electron chi connectivity index (χ3n) is 4.09. The number of piperidine rings is 1. The number of nitrogens with two attached hydrogens (primary N) is 1. The fourth-order valence-corrected chi connectivity index (χ4v) is 3.21. The minimum absolute atomic E-state index is 0.0235. The lowest BCUT2D eigenvalue weighted by molar-refractivity contribution is -0.128. The molecule has 6 nitrogen and oxygen atoms in total. The number of nitrogens with one attached hydrogen (secondary N) is 1. The van der Waals surface area contributed by atoms with E-state index in [1.807, 2.05) is 24.8 Å². The summed E-state index contributed by atoms with van der Waals surface area (Å²) in [5.41, 5.74) is 6.09. The van der Waals surface area contributed by atoms with Crippen LogP contribution in [0.4, 0.5) is 0 Å². The number of rotatable bonds is 7. The Bertz CT molecular complexity index is 622. The Morgan fingerprint density at radius 2 is 2.20 bits per heavy atom. The lowest BCUT2D eigenvalue weighted by Crippen LogP contribution is -2.45. The minimum atomic E-state index is -0.365. The quantitative estimate of drug-likeness (QED) is 0.771. The second kappa shape index (κ2) is 9.06. The van der Waals surface area contributed by atoms with Gasteiger partial charge in [-0.15, -0.1) is 0 Å². The summed E-state index contributed by atoms with van der Waals surface area (Å²) < 4.78 is 5.77. The number of primary amides is 1. The summed E-state index contributed by atoms with van der Waals surface area (Å²) in [7, 11) is 0. The van der Waals surface area contributed by atoms with Crippen molar-refractivity contribution in [3.05, 3.63) is 28.8 Å². The van der Waals surface area contributed by atoms with Crippen LogP contribution in [0.2, 0.25) is 5.02 Å². The predicted octanol–water partition coefficient (Wildman–Crippen LogP) is 1.94. The van der Waals surface area contributed by atoms with Gasteiger partial charge in [0.05, 0.1) is 18.6 Å². The van der Waals surface area contributed by atoms with Gasteiger partial charge in [0.15, 0.2) is 0 Å². The molecule has 1 atom stereocenters. The number of carbonyl (C=O) groups excluding carboxylic acids is 2. The molecule has 0 bridgehead atoms. The standard InChI is InChI=1S/C18H26ClN3O3/c1-12(2)25-16-6-5-15(19)8-14(16)9-21-18(24)13-4-3-7-22(10-13)11-17(20)23/h5-6,8,12-13H,3-4,7,9-11H2,1-2H3,(H2,20,23)(H,21,24)/t13-/m0/s1. The van der Waals surface area contributed by atoms with E-state index in [1.54, 1.807) is 12.1 Å². The first-order chi connectivity index (χ1) is 11.8. The average Bonchev–Trinajstić information content (AvgIpc) is 2.54. The summed E-state index contributed by atoms with van der Waals surface area (Å²) in [6, 6.07) is 5.40. The topological polar surface area (TPSA) is 84.7 Å². The van der Waals surface area contributed by atoms with E-state index in [1.165, 1.54) is 0 Å². The van der Waals surface area contributed by atoms with E-state index < -0.39 is 0 Å². The van der Waals surface area contributed by atoms with Crippen LogP contribution < -0.4 is 15.8 Å². The number of ether oxygens (including phenoxy) is 1. The summed E-state index contributed by atoms with van der Waals surface area (Å²) in [5, 5.41) is 3.57. The third kappa shape index (κ3) is 6.21. The van der Waals surface area contributed by atoms with Gasteiger partial charge in [-0.25, -0.2) is 0 Å². The van der Waals surface area contributed by atoms with Gasteiger partial charge in [0, 0.05) is 23.7 Å². The SMILES string of the molecule is CC(C)Oc1ccc(Cl)cc1CNC(=O)[C@H]1CCCN(CC(N)=O)C1. The first kappa shape index (κ1) is 19.5. The van der Waals surface area contributed by atoms with Crippen LogP contribution in [0.25, 0.3) is 0 Å². The third-order valence-corrected chi connectivity index (χ3v) is 4.33. The van der Waals surface area contributed by atoms with Crippen molar-refractivity contribution in [2.24, 2.45) is 11.7 Å². The van der Waals surface area contributed by atoms with Crippen molar-refractivity contribution < 1.29 is 14.3 Å². The second-order valence-electron chi connectivity index (χ2n) is 6.68. The van der Waals surface area contributed by atoms with Crippen molar-refractivity contribution in [3.8, 4) is 5.75 Å². The molecule has 2 amide bonds. The highest BCUT2D eigenvalue weighted by atomic mass is 35.5. The zero-order valence-electron chi connectivity index (χ0n) is 14.8. The van der Waals surface area contributed by atoms with Gasteiger partial charge in [-0.3, -0.25) is 14.5 Å². The molecule has 1 aliphatic heterocycles. The molecule has 1 heterocycles. The van der Waals surface area contributed by atoms with Gasteiger partial charge in [-0.05, 0) is 51.4 Å². The van der Waals surface area contributed by atoms with Crippen LogP contribution in [0.5, 0.6) is 5.75 Å². The van der Waals surface area contributed by atoms with Crippen LogP contribution in [0.3, 0.4) is 0 Å². The largest absolute Gasteiger partial charge is 0.491 e. The van der Waals surface area contributed by atoms with E-state index in [0.29, 0.717) is 18.1 Å². The summed E-state index contributed by atoms with van der Waals surface area (Å²) in [6.07, 6.45) is 1.73. The maximum absolute atomic E-state index is 12.5. The molecule has 0 spiro atoms. The summed E-state index contributed by atoms with van der Waals surface area (Å²) in [4.78, 5) is 25.5. The number of nitrogens with zero attached hydrogens (tertiary/aromatic N) is 1. The van der Waals surface area contributed by atoms with Crippen LogP contribution in [-0.2, 0) is 16.1 Å². The Balaban J connectivity index is 1.95. The number of hydrogen-bond acceptors (Lipinski definition) is 4. The van der Waals surface area contributed by atoms with Crippen LogP contribution in [-0.4, -0.2) is 42.5 Å². The highest BCUT2D eigenvalue weighted by Gasteiger charge is 2.26. The van der Waals surface area contributed by atoms with Crippen LogP contribution in [0, 0.1) is 5.92 Å². The molecule has 7 heteroatoms. The molecule has 0 radical (unpaired) electrons. The molecule has 1 saturated heterocycles. The number of carbonyl (C=O) groups is 2. The summed E-state index contributed by atoms with van der Waals surface area (Å²) in [5.74, 6) is 0.195. The van der Waals surface area contributed by atoms with Crippen molar-refractivity contribution in [2.75, 3.05) is 19.6 Å². The van der Waals surface area contributed by atoms with Gasteiger partial charge >= 0.3 is 0 Å². The normalized spacial score (nSPS) is 18.2. The van der Waals surface area contributed by atoms with Crippen molar-refractivity contribution >= 4 is 23.4 Å². The molecule has 0 unspecified atom stereocenters. The molecule has 3 N–H and O–H groups in total. The Hall–Kier alpha value is -1.79. The van der Waals surface area contributed by atoms with Gasteiger partial charge in [0.2, 0.25) is 11.8 Å². The van der Waals surface area contributed by atoms with Crippen LogP contribution in [0.1, 0.15) is 32.3 Å². The summed E-state index contributed by atoms with van der Waals surface area (Å²) >= 11 is 6.07. The van der Waals surface area contributed by atoms with E-state index in [0.717, 1.165) is 30.7 Å². The zero-order valence-corrected chi connectivity index (χ0v) is 15.5. The highest BCUT2D eigenvalue weighted by molar-refractivity contribution is 6.30. The van der Waals surface area contributed by atoms with Gasteiger partial charge in [0.25, 0.3) is 0 Å². The fourth-order valence-electron chi connectivity index (χ4n) is 3.02. The molecule has 1 aromatic rings. The molecular formula is C18H26ClN3O3. The van der Waals surface area contributed by atoms with E-state index in [-0.39, 0.29) is 30.4 Å². The fraction of sp³-hybridized carbons (Fsp3) is 0.556. The van der Waals surface area contributed by atoms with Crippen molar-refractivity contribution in [1.29, 1.82) is 0 Å². The van der Waals surface area contributed by atoms with E-state index >= 15 is 0 Å². The Morgan fingerprint density at radius 1 is 1.44 bits per heavy atom. The molecule has 2 rings (SSSR count). The van der Waals surface area contributed by atoms with Gasteiger partial charge in [-0.2, -0.15) is 0 Å². The molecule has 1 aromatic carbocycles. The molecular weight excluding hydrogens is 342 g/mol. The molecule has 138 valence electrons. The van der Waals surface area contributed by atoms with Gasteiger partial charge in [-0.1, -0.05) is 11.6 Å². The number of likely N-dealkylation sites (tertiary alicyclic amines) is 1. The Kier molecular flexibility index (Phi) is 7.08. The van der Waals surface area contributed by atoms with E-state index in [2.05, 4.69) is 5.32 Å². The first-order valence-electron chi connectivity index (χ1n) is 8.58. The number of amides is 2. The van der Waals surface area contributed by atoms with E-state index in [4.69, 9.17) is 22.1 Å². The van der Waals surface area contributed by atoms with Gasteiger partial charge in [0.1, 0.15) is 5.75 Å². The first-order valence-corrected chi connectivity index (χ1v) is 8.96. The predicted molar refractivity (Wildman–Crippen MR) is 97.4 cm³/mol. The van der Waals surface area contributed by atoms with Gasteiger partial charge < -0.3 is 15.8 Å². The summed E-state index contributed by atoms with van der Waals surface area (Å²) in [6.45, 7) is 5.81. The molecule has 0 aliphatic carbocycles.